The molecule has 0 spiro atoms. The molecule has 0 aromatic carbocycles. The van der Waals surface area contributed by atoms with Crippen LogP contribution in [0.1, 0.15) is 0 Å². The van der Waals surface area contributed by atoms with Crippen molar-refractivity contribution in [2.75, 3.05) is 7.11 Å². The molecule has 0 amide bonds. The van der Waals surface area contributed by atoms with Crippen molar-refractivity contribution in [1.29, 1.82) is 0 Å². The van der Waals surface area contributed by atoms with Crippen LogP contribution in [-0.2, 0) is 9.53 Å². The first-order chi connectivity index (χ1) is 7.80. The van der Waals surface area contributed by atoms with Gasteiger partial charge in [0.25, 0.3) is 0 Å². The van der Waals surface area contributed by atoms with Crippen LogP contribution in [0.3, 0.4) is 0 Å². The number of halogens is 9. The average molecular weight is 290 g/mol. The molecule has 0 fully saturated rings. The number of carbonyl (C=O) groups is 1. The molecule has 2 nitrogen and oxygen atoms in total. The van der Waals surface area contributed by atoms with Crippen LogP contribution < -0.4 is 0 Å². The zero-order chi connectivity index (χ0) is 14.9. The Morgan fingerprint density at radius 3 is 1.61 bits per heavy atom. The summed E-state index contributed by atoms with van der Waals surface area (Å²) in [4.78, 5) is 10.2. The van der Waals surface area contributed by atoms with E-state index in [1.807, 2.05) is 0 Å². The van der Waals surface area contributed by atoms with E-state index in [4.69, 9.17) is 0 Å². The predicted molar refractivity (Wildman–Crippen MR) is 37.2 cm³/mol. The fourth-order valence-corrected chi connectivity index (χ4v) is 0.633. The molecule has 0 N–H and O–H groups in total. The minimum absolute atomic E-state index is 0.370. The van der Waals surface area contributed by atoms with Crippen molar-refractivity contribution in [3.05, 3.63) is 11.7 Å². The lowest BCUT2D eigenvalue weighted by atomic mass is 10.1. The number of rotatable bonds is 3. The molecule has 0 aliphatic heterocycles. The van der Waals surface area contributed by atoms with Crippen LogP contribution in [0.2, 0.25) is 0 Å². The van der Waals surface area contributed by atoms with E-state index in [2.05, 4.69) is 4.74 Å². The SMILES string of the molecule is COC(=O)C(F)=C(F)C(F)(F)C(F)(F)C(F)(F)F. The molecule has 0 aliphatic rings. The van der Waals surface area contributed by atoms with E-state index in [9.17, 15) is 44.3 Å². The van der Waals surface area contributed by atoms with Crippen LogP contribution in [0.15, 0.2) is 11.7 Å². The van der Waals surface area contributed by atoms with Gasteiger partial charge < -0.3 is 4.74 Å². The van der Waals surface area contributed by atoms with Gasteiger partial charge in [-0.3, -0.25) is 0 Å². The number of carbonyl (C=O) groups excluding carboxylic acids is 1. The molecule has 0 radical (unpaired) electrons. The Labute approximate surface area is 93.0 Å². The Hall–Kier alpha value is -1.42. The Morgan fingerprint density at radius 1 is 0.944 bits per heavy atom. The fraction of sp³-hybridized carbons (Fsp3) is 0.571. The summed E-state index contributed by atoms with van der Waals surface area (Å²) in [5.41, 5.74) is 0. The number of alkyl halides is 7. The van der Waals surface area contributed by atoms with Crippen LogP contribution >= 0.6 is 0 Å². The van der Waals surface area contributed by atoms with Crippen molar-refractivity contribution in [3.8, 4) is 0 Å². The van der Waals surface area contributed by atoms with Crippen LogP contribution in [0, 0.1) is 0 Å². The highest BCUT2D eigenvalue weighted by Gasteiger charge is 2.75. The van der Waals surface area contributed by atoms with Gasteiger partial charge >= 0.3 is 24.0 Å². The van der Waals surface area contributed by atoms with E-state index in [1.54, 1.807) is 0 Å². The number of hydrogen-bond donors (Lipinski definition) is 0. The molecule has 0 aromatic rings. The van der Waals surface area contributed by atoms with Crippen LogP contribution in [0.5, 0.6) is 0 Å². The largest absolute Gasteiger partial charge is 0.464 e. The van der Waals surface area contributed by atoms with Gasteiger partial charge in [0.2, 0.25) is 11.7 Å². The van der Waals surface area contributed by atoms with Gasteiger partial charge in [-0.25, -0.2) is 9.18 Å². The summed E-state index contributed by atoms with van der Waals surface area (Å²) in [6, 6.07) is 0. The summed E-state index contributed by atoms with van der Waals surface area (Å²) in [6.45, 7) is 0. The summed E-state index contributed by atoms with van der Waals surface area (Å²) in [6.07, 6.45) is -6.84. The Kier molecular flexibility index (Phi) is 4.32. The second kappa shape index (κ2) is 4.69. The second-order valence-corrected chi connectivity index (χ2v) is 2.77. The molecular formula is C7H3F9O2. The normalized spacial score (nSPS) is 15.2. The monoisotopic (exact) mass is 290 g/mol. The molecule has 0 saturated heterocycles. The molecule has 0 bridgehead atoms. The number of allylic oxidation sites excluding steroid dienone is 1. The van der Waals surface area contributed by atoms with Gasteiger partial charge in [0.15, 0.2) is 0 Å². The number of esters is 1. The van der Waals surface area contributed by atoms with Crippen LogP contribution in [0.25, 0.3) is 0 Å². The van der Waals surface area contributed by atoms with Crippen molar-refractivity contribution in [2.24, 2.45) is 0 Å². The number of methoxy groups -OCH3 is 1. The van der Waals surface area contributed by atoms with Gasteiger partial charge in [-0.15, -0.1) is 0 Å². The Bertz CT molecular complexity index is 368. The lowest BCUT2D eigenvalue weighted by Crippen LogP contribution is -2.52. The lowest BCUT2D eigenvalue weighted by Gasteiger charge is -2.26. The van der Waals surface area contributed by atoms with E-state index in [-0.39, 0.29) is 0 Å². The van der Waals surface area contributed by atoms with Gasteiger partial charge in [-0.1, -0.05) is 0 Å². The highest BCUT2D eigenvalue weighted by molar-refractivity contribution is 5.86. The van der Waals surface area contributed by atoms with E-state index >= 15 is 0 Å². The molecular weight excluding hydrogens is 287 g/mol. The molecule has 106 valence electrons. The Balaban J connectivity index is 5.74. The van der Waals surface area contributed by atoms with Gasteiger partial charge in [0.05, 0.1) is 7.11 Å². The number of ether oxygens (including phenoxy) is 1. The van der Waals surface area contributed by atoms with Crippen LogP contribution in [0.4, 0.5) is 39.5 Å². The second-order valence-electron chi connectivity index (χ2n) is 2.77. The first-order valence-electron chi connectivity index (χ1n) is 3.77. The van der Waals surface area contributed by atoms with Crippen molar-refractivity contribution in [2.45, 2.75) is 18.0 Å². The molecule has 0 atom stereocenters. The summed E-state index contributed by atoms with van der Waals surface area (Å²) in [5.74, 6) is -23.0. The molecule has 0 rings (SSSR count). The van der Waals surface area contributed by atoms with Crippen molar-refractivity contribution in [3.63, 3.8) is 0 Å². The highest BCUT2D eigenvalue weighted by Crippen LogP contribution is 2.50. The van der Waals surface area contributed by atoms with Crippen molar-refractivity contribution in [1.82, 2.24) is 0 Å². The zero-order valence-corrected chi connectivity index (χ0v) is 8.22. The van der Waals surface area contributed by atoms with E-state index in [0.717, 1.165) is 0 Å². The van der Waals surface area contributed by atoms with Crippen LogP contribution in [-0.4, -0.2) is 31.1 Å². The quantitative estimate of drug-likeness (QED) is 0.453. The molecule has 0 aromatic heterocycles. The van der Waals surface area contributed by atoms with Gasteiger partial charge in [-0.05, 0) is 0 Å². The maximum absolute atomic E-state index is 12.5. The van der Waals surface area contributed by atoms with Gasteiger partial charge in [0, 0.05) is 0 Å². The smallest absolute Gasteiger partial charge is 0.460 e. The maximum atomic E-state index is 12.5. The predicted octanol–water partition coefficient (Wildman–Crippen LogP) is 3.14. The first kappa shape index (κ1) is 16.6. The van der Waals surface area contributed by atoms with E-state index < -0.39 is 35.6 Å². The third kappa shape index (κ3) is 2.53. The van der Waals surface area contributed by atoms with Crippen molar-refractivity contribution >= 4 is 5.97 Å². The summed E-state index contributed by atoms with van der Waals surface area (Å²) < 4.78 is 112. The van der Waals surface area contributed by atoms with E-state index in [1.165, 1.54) is 0 Å². The average Bonchev–Trinajstić information content (AvgIpc) is 2.23. The molecule has 0 aliphatic carbocycles. The topological polar surface area (TPSA) is 26.3 Å². The first-order valence-corrected chi connectivity index (χ1v) is 3.77. The third-order valence-corrected chi connectivity index (χ3v) is 1.58. The number of hydrogen-bond acceptors (Lipinski definition) is 2. The van der Waals surface area contributed by atoms with Gasteiger partial charge in [-0.2, -0.15) is 35.1 Å². The summed E-state index contributed by atoms with van der Waals surface area (Å²) in [7, 11) is 0.370. The Morgan fingerprint density at radius 2 is 1.33 bits per heavy atom. The highest BCUT2D eigenvalue weighted by atomic mass is 19.4. The fourth-order valence-electron chi connectivity index (χ4n) is 0.633. The zero-order valence-electron chi connectivity index (χ0n) is 8.22. The van der Waals surface area contributed by atoms with Gasteiger partial charge in [0.1, 0.15) is 0 Å². The minimum Gasteiger partial charge on any atom is -0.464 e. The maximum Gasteiger partial charge on any atom is 0.460 e. The van der Waals surface area contributed by atoms with Crippen molar-refractivity contribution < 1.29 is 49.0 Å². The standard InChI is InChI=1S/C7H3F9O2/c1-18-4(17)2(8)3(9)5(10,11)6(12,13)7(14,15)16/h1H3. The summed E-state index contributed by atoms with van der Waals surface area (Å²) in [5, 5.41) is 0. The molecule has 11 heteroatoms. The molecule has 0 heterocycles. The summed E-state index contributed by atoms with van der Waals surface area (Å²) >= 11 is 0. The minimum atomic E-state index is -6.89. The lowest BCUT2D eigenvalue weighted by molar-refractivity contribution is -0.348. The molecule has 0 unspecified atom stereocenters. The third-order valence-electron chi connectivity index (χ3n) is 1.58. The molecule has 18 heavy (non-hydrogen) atoms. The molecule has 0 saturated carbocycles. The van der Waals surface area contributed by atoms with E-state index in [0.29, 0.717) is 7.11 Å².